The molecule has 1 aliphatic heterocycles. The minimum Gasteiger partial charge on any atom is -0.379 e. The van der Waals surface area contributed by atoms with Crippen molar-refractivity contribution in [3.8, 4) is 0 Å². The van der Waals surface area contributed by atoms with Crippen molar-refractivity contribution in [2.24, 2.45) is 5.92 Å². The summed E-state index contributed by atoms with van der Waals surface area (Å²) in [6.07, 6.45) is 12.9. The highest BCUT2D eigenvalue weighted by Crippen LogP contribution is 2.29. The third kappa shape index (κ3) is 3.83. The zero-order valence-corrected chi connectivity index (χ0v) is 13.9. The first-order valence-electron chi connectivity index (χ1n) is 9.42. The molecule has 126 valence electrons. The van der Waals surface area contributed by atoms with Gasteiger partial charge in [-0.3, -0.25) is 4.79 Å². The number of nitrogens with zero attached hydrogens (tertiary/aromatic N) is 1. The van der Waals surface area contributed by atoms with Gasteiger partial charge in [0, 0.05) is 25.7 Å². The maximum Gasteiger partial charge on any atom is 0.255 e. The van der Waals surface area contributed by atoms with E-state index in [1.807, 2.05) is 4.90 Å². The Morgan fingerprint density at radius 2 is 1.73 bits per heavy atom. The van der Waals surface area contributed by atoms with E-state index in [2.05, 4.69) is 5.32 Å². The van der Waals surface area contributed by atoms with Gasteiger partial charge >= 0.3 is 0 Å². The molecular formula is C18H32N2O2. The molecule has 1 heterocycles. The van der Waals surface area contributed by atoms with Crippen LogP contribution < -0.4 is 5.32 Å². The summed E-state index contributed by atoms with van der Waals surface area (Å²) in [5.41, 5.74) is -1.16. The molecule has 0 bridgehead atoms. The van der Waals surface area contributed by atoms with Gasteiger partial charge in [0.2, 0.25) is 0 Å². The molecule has 4 nitrogen and oxygen atoms in total. The predicted molar refractivity (Wildman–Crippen MR) is 87.6 cm³/mol. The Hall–Kier alpha value is -0.610. The Morgan fingerprint density at radius 1 is 1.05 bits per heavy atom. The molecule has 3 aliphatic rings. The summed E-state index contributed by atoms with van der Waals surface area (Å²) >= 11 is 0. The second-order valence-electron chi connectivity index (χ2n) is 7.75. The average Bonchev–Trinajstić information content (AvgIpc) is 3.05. The van der Waals surface area contributed by atoms with Gasteiger partial charge in [0.05, 0.1) is 0 Å². The van der Waals surface area contributed by atoms with Gasteiger partial charge in [-0.25, -0.2) is 0 Å². The van der Waals surface area contributed by atoms with Crippen molar-refractivity contribution < 1.29 is 9.90 Å². The lowest BCUT2D eigenvalue weighted by molar-refractivity contribution is -0.157. The van der Waals surface area contributed by atoms with E-state index in [0.29, 0.717) is 24.9 Å². The number of piperidine rings is 1. The van der Waals surface area contributed by atoms with Gasteiger partial charge in [0.1, 0.15) is 0 Å². The Bertz CT molecular complexity index is 375. The van der Waals surface area contributed by atoms with Crippen molar-refractivity contribution in [2.75, 3.05) is 19.6 Å². The molecule has 2 saturated carbocycles. The third-order valence-electron chi connectivity index (χ3n) is 5.95. The Balaban J connectivity index is 1.53. The molecule has 3 fully saturated rings. The minimum absolute atomic E-state index is 0.0187. The summed E-state index contributed by atoms with van der Waals surface area (Å²) in [5.74, 6) is 0.637. The number of likely N-dealkylation sites (tertiary alicyclic amines) is 1. The van der Waals surface area contributed by atoms with Gasteiger partial charge in [-0.15, -0.1) is 0 Å². The lowest BCUT2D eigenvalue weighted by atomic mass is 9.86. The molecule has 3 rings (SSSR count). The van der Waals surface area contributed by atoms with Crippen molar-refractivity contribution in [2.45, 2.75) is 82.3 Å². The normalized spacial score (nSPS) is 31.9. The zero-order chi connectivity index (χ0) is 15.4. The smallest absolute Gasteiger partial charge is 0.255 e. The molecule has 4 heteroatoms. The predicted octanol–water partition coefficient (Wildman–Crippen LogP) is 2.45. The minimum atomic E-state index is -1.16. The van der Waals surface area contributed by atoms with Crippen molar-refractivity contribution in [3.63, 3.8) is 0 Å². The molecule has 22 heavy (non-hydrogen) atoms. The number of nitrogens with one attached hydrogen (secondary N) is 1. The molecule has 2 N–H and O–H groups in total. The molecule has 0 spiro atoms. The molecular weight excluding hydrogens is 276 g/mol. The van der Waals surface area contributed by atoms with Crippen LogP contribution in [0, 0.1) is 5.92 Å². The van der Waals surface area contributed by atoms with Crippen LogP contribution in [0.2, 0.25) is 0 Å². The summed E-state index contributed by atoms with van der Waals surface area (Å²) in [6, 6.07) is 0.505. The molecule has 1 amide bonds. The fourth-order valence-electron chi connectivity index (χ4n) is 4.53. The number of aliphatic hydroxyl groups is 1. The molecule has 0 aromatic heterocycles. The topological polar surface area (TPSA) is 52.6 Å². The Kier molecular flexibility index (Phi) is 5.40. The maximum atomic E-state index is 12.8. The summed E-state index contributed by atoms with van der Waals surface area (Å²) < 4.78 is 0. The number of amides is 1. The second kappa shape index (κ2) is 7.31. The van der Waals surface area contributed by atoms with Gasteiger partial charge in [-0.05, 0) is 44.4 Å². The Labute approximate surface area is 134 Å². The highest BCUT2D eigenvalue weighted by Gasteiger charge is 2.42. The van der Waals surface area contributed by atoms with Crippen LogP contribution >= 0.6 is 0 Å². The number of hydrogen-bond donors (Lipinski definition) is 2. The zero-order valence-electron chi connectivity index (χ0n) is 13.9. The van der Waals surface area contributed by atoms with Crippen LogP contribution in [0.5, 0.6) is 0 Å². The van der Waals surface area contributed by atoms with Crippen LogP contribution in [-0.2, 0) is 4.79 Å². The number of rotatable bonds is 5. The third-order valence-corrected chi connectivity index (χ3v) is 5.95. The fraction of sp³-hybridized carbons (Fsp3) is 0.944. The Morgan fingerprint density at radius 3 is 2.45 bits per heavy atom. The summed E-state index contributed by atoms with van der Waals surface area (Å²) in [7, 11) is 0. The first-order valence-corrected chi connectivity index (χ1v) is 9.42. The van der Waals surface area contributed by atoms with Crippen LogP contribution in [0.25, 0.3) is 0 Å². The highest BCUT2D eigenvalue weighted by atomic mass is 16.3. The second-order valence-corrected chi connectivity index (χ2v) is 7.75. The van der Waals surface area contributed by atoms with Gasteiger partial charge in [-0.1, -0.05) is 32.1 Å². The summed E-state index contributed by atoms with van der Waals surface area (Å²) in [4.78, 5) is 14.7. The van der Waals surface area contributed by atoms with E-state index in [-0.39, 0.29) is 5.91 Å². The van der Waals surface area contributed by atoms with Crippen LogP contribution in [0.3, 0.4) is 0 Å². The first kappa shape index (κ1) is 16.3. The number of carbonyl (C=O) groups is 1. The van der Waals surface area contributed by atoms with Crippen LogP contribution in [0.4, 0.5) is 0 Å². The van der Waals surface area contributed by atoms with E-state index in [4.69, 9.17) is 0 Å². The lowest BCUT2D eigenvalue weighted by Gasteiger charge is -2.40. The van der Waals surface area contributed by atoms with Crippen LogP contribution in [0.15, 0.2) is 0 Å². The van der Waals surface area contributed by atoms with Gasteiger partial charge in [0.25, 0.3) is 5.91 Å². The SMILES string of the molecule is O=C1N(CC2CCCCC2)CCCC1(O)CNC1CCCC1. The van der Waals surface area contributed by atoms with Gasteiger partial charge in [0.15, 0.2) is 5.60 Å². The molecule has 0 radical (unpaired) electrons. The van der Waals surface area contributed by atoms with E-state index in [1.54, 1.807) is 0 Å². The van der Waals surface area contributed by atoms with Crippen molar-refractivity contribution in [1.29, 1.82) is 0 Å². The standard InChI is InChI=1S/C18H32N2O2/c21-17-18(22,14-19-16-9-4-5-10-16)11-6-12-20(17)13-15-7-2-1-3-8-15/h15-16,19,22H,1-14H2. The van der Waals surface area contributed by atoms with Crippen molar-refractivity contribution in [3.05, 3.63) is 0 Å². The van der Waals surface area contributed by atoms with Gasteiger partial charge in [-0.2, -0.15) is 0 Å². The van der Waals surface area contributed by atoms with E-state index >= 15 is 0 Å². The van der Waals surface area contributed by atoms with Crippen LogP contribution in [-0.4, -0.2) is 47.2 Å². The summed E-state index contributed by atoms with van der Waals surface area (Å²) in [6.45, 7) is 2.14. The summed E-state index contributed by atoms with van der Waals surface area (Å²) in [5, 5.41) is 14.3. The molecule has 1 saturated heterocycles. The monoisotopic (exact) mass is 308 g/mol. The van der Waals surface area contributed by atoms with Crippen molar-refractivity contribution in [1.82, 2.24) is 10.2 Å². The van der Waals surface area contributed by atoms with Gasteiger partial charge < -0.3 is 15.3 Å². The van der Waals surface area contributed by atoms with E-state index in [9.17, 15) is 9.90 Å². The van der Waals surface area contributed by atoms with E-state index in [1.165, 1.54) is 57.8 Å². The number of carbonyl (C=O) groups excluding carboxylic acids is 1. The molecule has 0 aromatic rings. The quantitative estimate of drug-likeness (QED) is 0.820. The molecule has 2 aliphatic carbocycles. The fourth-order valence-corrected chi connectivity index (χ4v) is 4.53. The van der Waals surface area contributed by atoms with E-state index < -0.39 is 5.60 Å². The lowest BCUT2D eigenvalue weighted by Crippen LogP contribution is -2.59. The molecule has 0 aromatic carbocycles. The van der Waals surface area contributed by atoms with Crippen molar-refractivity contribution >= 4 is 5.91 Å². The maximum absolute atomic E-state index is 12.8. The molecule has 1 unspecified atom stereocenters. The van der Waals surface area contributed by atoms with E-state index in [0.717, 1.165) is 19.5 Å². The average molecular weight is 308 g/mol. The first-order chi connectivity index (χ1) is 10.7. The number of hydrogen-bond acceptors (Lipinski definition) is 3. The molecule has 1 atom stereocenters. The highest BCUT2D eigenvalue weighted by molar-refractivity contribution is 5.86. The van der Waals surface area contributed by atoms with Crippen LogP contribution in [0.1, 0.15) is 70.6 Å². The largest absolute Gasteiger partial charge is 0.379 e.